The Morgan fingerprint density at radius 2 is 1.84 bits per heavy atom. The number of ether oxygens (including phenoxy) is 1. The average Bonchev–Trinajstić information content (AvgIpc) is 2.99. The van der Waals surface area contributed by atoms with Crippen LogP contribution in [0.15, 0.2) is 58.3 Å². The third-order valence-electron chi connectivity index (χ3n) is 4.32. The normalized spacial score (nSPS) is 15.4. The zero-order valence-corrected chi connectivity index (χ0v) is 18.9. The van der Waals surface area contributed by atoms with Gasteiger partial charge in [-0.2, -0.15) is 0 Å². The van der Waals surface area contributed by atoms with Gasteiger partial charge >= 0.3 is 0 Å². The zero-order chi connectivity index (χ0) is 22.6. The number of methoxy groups -OCH3 is 1. The number of hydrogen-bond donors (Lipinski definition) is 2. The third kappa shape index (κ3) is 5.91. The molecule has 11 heteroatoms. The fourth-order valence-corrected chi connectivity index (χ4v) is 4.53. The van der Waals surface area contributed by atoms with E-state index in [2.05, 4.69) is 5.32 Å². The van der Waals surface area contributed by atoms with E-state index in [9.17, 15) is 18.0 Å². The molecule has 1 heterocycles. The molecule has 1 aliphatic rings. The van der Waals surface area contributed by atoms with Gasteiger partial charge in [-0.05, 0) is 48.0 Å². The minimum absolute atomic E-state index is 0.0270. The monoisotopic (exact) mass is 477 g/mol. The first-order valence-electron chi connectivity index (χ1n) is 8.99. The molecule has 2 amide bonds. The lowest BCUT2D eigenvalue weighted by atomic mass is 10.2. The van der Waals surface area contributed by atoms with Crippen molar-refractivity contribution in [2.45, 2.75) is 11.3 Å². The number of nitrogens with one attached hydrogen (secondary N) is 1. The van der Waals surface area contributed by atoms with Gasteiger partial charge < -0.3 is 10.1 Å². The van der Waals surface area contributed by atoms with Crippen molar-refractivity contribution in [3.05, 3.63) is 59.0 Å². The average molecular weight is 478 g/mol. The summed E-state index contributed by atoms with van der Waals surface area (Å²) in [6, 6.07) is 12.7. The summed E-state index contributed by atoms with van der Waals surface area (Å²) in [6.45, 7) is 0.131. The van der Waals surface area contributed by atoms with Crippen LogP contribution in [0.5, 0.6) is 5.75 Å². The second-order valence-corrected chi connectivity index (χ2v) is 9.71. The highest BCUT2D eigenvalue weighted by Gasteiger charge is 2.32. The second kappa shape index (κ2) is 9.60. The molecule has 0 unspecified atom stereocenters. The summed E-state index contributed by atoms with van der Waals surface area (Å²) in [6.07, 6.45) is 1.77. The lowest BCUT2D eigenvalue weighted by Gasteiger charge is -2.14. The molecule has 3 rings (SSSR count). The van der Waals surface area contributed by atoms with E-state index in [1.807, 2.05) is 12.1 Å². The van der Waals surface area contributed by atoms with E-state index in [0.29, 0.717) is 14.9 Å². The molecule has 1 saturated heterocycles. The Balaban J connectivity index is 1.58. The number of amides is 2. The maximum absolute atomic E-state index is 12.7. The van der Waals surface area contributed by atoms with Crippen molar-refractivity contribution < 1.29 is 22.7 Å². The number of benzene rings is 2. The summed E-state index contributed by atoms with van der Waals surface area (Å²) in [5, 5.41) is 7.69. The van der Waals surface area contributed by atoms with Crippen LogP contribution in [0.1, 0.15) is 12.0 Å². The van der Waals surface area contributed by atoms with Gasteiger partial charge in [-0.25, -0.2) is 13.6 Å². The molecule has 0 saturated carbocycles. The van der Waals surface area contributed by atoms with Gasteiger partial charge in [0.05, 0.1) is 16.9 Å². The van der Waals surface area contributed by atoms with Gasteiger partial charge in [0, 0.05) is 18.7 Å². The Kier molecular flexibility index (Phi) is 7.11. The van der Waals surface area contributed by atoms with Gasteiger partial charge in [0.1, 0.15) is 10.1 Å². The van der Waals surface area contributed by atoms with Crippen molar-refractivity contribution in [2.75, 3.05) is 19.0 Å². The zero-order valence-electron chi connectivity index (χ0n) is 16.4. The van der Waals surface area contributed by atoms with Crippen LogP contribution >= 0.6 is 24.0 Å². The Morgan fingerprint density at radius 1 is 1.19 bits per heavy atom. The van der Waals surface area contributed by atoms with E-state index in [0.717, 1.165) is 11.3 Å². The van der Waals surface area contributed by atoms with Gasteiger partial charge in [0.25, 0.3) is 5.91 Å². The number of thiocarbonyl (C=S) groups is 1. The molecular formula is C20H19N3O5S3. The summed E-state index contributed by atoms with van der Waals surface area (Å²) >= 11 is 6.47. The molecule has 1 fully saturated rings. The van der Waals surface area contributed by atoms with Crippen molar-refractivity contribution in [3.63, 3.8) is 0 Å². The smallest absolute Gasteiger partial charge is 0.266 e. The first-order valence-corrected chi connectivity index (χ1v) is 11.8. The molecule has 8 nitrogen and oxygen atoms in total. The molecule has 162 valence electrons. The Hall–Kier alpha value is -2.73. The van der Waals surface area contributed by atoms with Gasteiger partial charge in [-0.3, -0.25) is 14.5 Å². The van der Waals surface area contributed by atoms with E-state index in [-0.39, 0.29) is 29.7 Å². The molecule has 0 aliphatic carbocycles. The van der Waals surface area contributed by atoms with Crippen molar-refractivity contribution >= 4 is 61.9 Å². The number of hydrogen-bond acceptors (Lipinski definition) is 7. The number of primary sulfonamides is 1. The van der Waals surface area contributed by atoms with Crippen molar-refractivity contribution in [3.8, 4) is 5.75 Å². The quantitative estimate of drug-likeness (QED) is 0.465. The maximum atomic E-state index is 12.7. The second-order valence-electron chi connectivity index (χ2n) is 6.47. The van der Waals surface area contributed by atoms with Gasteiger partial charge in [0.2, 0.25) is 15.9 Å². The van der Waals surface area contributed by atoms with Crippen LogP contribution in [-0.2, 0) is 19.6 Å². The van der Waals surface area contributed by atoms with E-state index >= 15 is 0 Å². The van der Waals surface area contributed by atoms with Gasteiger partial charge in [0.15, 0.2) is 0 Å². The molecule has 0 atom stereocenters. The SMILES string of the molecule is COc1ccc(/C=C2\SC(=S)N(CCC(=O)Nc3ccc(S(N)(=O)=O)cc3)C2=O)cc1. The molecule has 2 aromatic rings. The molecule has 31 heavy (non-hydrogen) atoms. The molecule has 0 spiro atoms. The molecule has 2 aromatic carbocycles. The van der Waals surface area contributed by atoms with Crippen LogP contribution in [0, 0.1) is 0 Å². The van der Waals surface area contributed by atoms with Crippen LogP contribution in [0.4, 0.5) is 5.69 Å². The largest absolute Gasteiger partial charge is 0.497 e. The lowest BCUT2D eigenvalue weighted by Crippen LogP contribution is -2.31. The summed E-state index contributed by atoms with van der Waals surface area (Å²) < 4.78 is 28.1. The highest BCUT2D eigenvalue weighted by Crippen LogP contribution is 2.32. The Labute approximate surface area is 189 Å². The van der Waals surface area contributed by atoms with E-state index in [1.165, 1.54) is 40.9 Å². The lowest BCUT2D eigenvalue weighted by molar-refractivity contribution is -0.122. The maximum Gasteiger partial charge on any atom is 0.266 e. The van der Waals surface area contributed by atoms with Crippen molar-refractivity contribution in [1.82, 2.24) is 4.90 Å². The van der Waals surface area contributed by atoms with E-state index in [4.69, 9.17) is 22.1 Å². The van der Waals surface area contributed by atoms with E-state index < -0.39 is 10.0 Å². The first-order chi connectivity index (χ1) is 14.7. The number of anilines is 1. The summed E-state index contributed by atoms with van der Waals surface area (Å²) in [5.74, 6) is 0.127. The first kappa shape index (κ1) is 22.9. The third-order valence-corrected chi connectivity index (χ3v) is 6.62. The van der Waals surface area contributed by atoms with Crippen molar-refractivity contribution in [1.29, 1.82) is 0 Å². The molecule has 3 N–H and O–H groups in total. The van der Waals surface area contributed by atoms with E-state index in [1.54, 1.807) is 25.3 Å². The number of nitrogens with zero attached hydrogens (tertiary/aromatic N) is 1. The topological polar surface area (TPSA) is 119 Å². The van der Waals surface area contributed by atoms with Crippen LogP contribution < -0.4 is 15.2 Å². The van der Waals surface area contributed by atoms with Crippen LogP contribution in [0.25, 0.3) is 6.08 Å². The fourth-order valence-electron chi connectivity index (χ4n) is 2.71. The fraction of sp³-hybridized carbons (Fsp3) is 0.150. The minimum atomic E-state index is -3.80. The molecule has 0 bridgehead atoms. The Morgan fingerprint density at radius 3 is 2.42 bits per heavy atom. The van der Waals surface area contributed by atoms with Gasteiger partial charge in [-0.15, -0.1) is 0 Å². The van der Waals surface area contributed by atoms with Crippen LogP contribution in [0.2, 0.25) is 0 Å². The van der Waals surface area contributed by atoms with Crippen LogP contribution in [-0.4, -0.2) is 43.1 Å². The van der Waals surface area contributed by atoms with Crippen LogP contribution in [0.3, 0.4) is 0 Å². The summed E-state index contributed by atoms with van der Waals surface area (Å²) in [5.41, 5.74) is 1.25. The molecule has 0 aromatic heterocycles. The molecule has 1 aliphatic heterocycles. The number of carbonyl (C=O) groups excluding carboxylic acids is 2. The number of thioether (sulfide) groups is 1. The predicted molar refractivity (Wildman–Crippen MR) is 124 cm³/mol. The van der Waals surface area contributed by atoms with Gasteiger partial charge in [-0.1, -0.05) is 36.1 Å². The summed E-state index contributed by atoms with van der Waals surface area (Å²) in [4.78, 5) is 26.7. The standard InChI is InChI=1S/C20H19N3O5S3/c1-28-15-6-2-13(3-7-15)12-17-19(25)23(20(29)30-17)11-10-18(24)22-14-4-8-16(9-5-14)31(21,26)27/h2-9,12H,10-11H2,1H3,(H,22,24)(H2,21,26,27)/b17-12-. The predicted octanol–water partition coefficient (Wildman–Crippen LogP) is 2.57. The Bertz CT molecular complexity index is 1140. The highest BCUT2D eigenvalue weighted by atomic mass is 32.2. The molecule has 0 radical (unpaired) electrons. The number of sulfonamides is 1. The number of nitrogens with two attached hydrogens (primary N) is 1. The number of carbonyl (C=O) groups is 2. The molecular weight excluding hydrogens is 458 g/mol. The number of rotatable bonds is 7. The summed E-state index contributed by atoms with van der Waals surface area (Å²) in [7, 11) is -2.22. The van der Waals surface area contributed by atoms with Crippen molar-refractivity contribution in [2.24, 2.45) is 5.14 Å². The minimum Gasteiger partial charge on any atom is -0.497 e. The highest BCUT2D eigenvalue weighted by molar-refractivity contribution is 8.26.